The summed E-state index contributed by atoms with van der Waals surface area (Å²) in [5.41, 5.74) is 2.16. The Morgan fingerprint density at radius 1 is 1.10 bits per heavy atom. The van der Waals surface area contributed by atoms with Crippen LogP contribution in [0.4, 0.5) is 11.5 Å². The Morgan fingerprint density at radius 3 is 2.52 bits per heavy atom. The molecule has 166 valence electrons. The highest BCUT2D eigenvalue weighted by atomic mass is 16.5. The molecule has 3 fully saturated rings. The molecule has 0 saturated carbocycles. The molecule has 4 atom stereocenters. The summed E-state index contributed by atoms with van der Waals surface area (Å²) in [7, 11) is 0. The van der Waals surface area contributed by atoms with Crippen LogP contribution in [0.15, 0.2) is 18.3 Å². The van der Waals surface area contributed by atoms with Crippen molar-refractivity contribution in [2.24, 2.45) is 0 Å². The minimum Gasteiger partial charge on any atom is -0.372 e. The van der Waals surface area contributed by atoms with Gasteiger partial charge in [0.25, 0.3) is 5.91 Å². The lowest BCUT2D eigenvalue weighted by Crippen LogP contribution is -2.46. The van der Waals surface area contributed by atoms with E-state index in [2.05, 4.69) is 55.4 Å². The van der Waals surface area contributed by atoms with Gasteiger partial charge in [0, 0.05) is 38.4 Å². The van der Waals surface area contributed by atoms with Gasteiger partial charge in [-0.05, 0) is 32.8 Å². The molecule has 31 heavy (non-hydrogen) atoms. The zero-order chi connectivity index (χ0) is 21.4. The zero-order valence-corrected chi connectivity index (χ0v) is 18.0. The molecule has 0 radical (unpaired) electrons. The number of anilines is 2. The fraction of sp³-hybridized carbons (Fsp3) is 0.619. The van der Waals surface area contributed by atoms with Gasteiger partial charge in [-0.25, -0.2) is 0 Å². The summed E-state index contributed by atoms with van der Waals surface area (Å²) < 4.78 is 11.9. The summed E-state index contributed by atoms with van der Waals surface area (Å²) in [5.74, 6) is 0.647. The van der Waals surface area contributed by atoms with Crippen LogP contribution in [0.25, 0.3) is 0 Å². The van der Waals surface area contributed by atoms with Gasteiger partial charge < -0.3 is 24.6 Å². The van der Waals surface area contributed by atoms with Gasteiger partial charge >= 0.3 is 0 Å². The van der Waals surface area contributed by atoms with E-state index in [9.17, 15) is 4.79 Å². The summed E-state index contributed by atoms with van der Waals surface area (Å²) in [4.78, 5) is 17.0. The number of aromatic nitrogens is 4. The molecule has 0 aliphatic carbocycles. The van der Waals surface area contributed by atoms with E-state index in [0.29, 0.717) is 5.69 Å². The lowest BCUT2D eigenvalue weighted by atomic mass is 10.1. The van der Waals surface area contributed by atoms with Crippen LogP contribution >= 0.6 is 0 Å². The summed E-state index contributed by atoms with van der Waals surface area (Å²) in [5, 5.41) is 18.5. The average molecular weight is 428 g/mol. The first-order valence-electron chi connectivity index (χ1n) is 11.0. The van der Waals surface area contributed by atoms with E-state index in [0.717, 1.165) is 56.2 Å². The van der Waals surface area contributed by atoms with Crippen molar-refractivity contribution < 1.29 is 14.3 Å². The molecular weight excluding hydrogens is 398 g/mol. The second-order valence-corrected chi connectivity index (χ2v) is 8.71. The van der Waals surface area contributed by atoms with Crippen LogP contribution in [-0.4, -0.2) is 76.9 Å². The Labute approximate surface area is 181 Å². The smallest absolute Gasteiger partial charge is 0.269 e. The molecule has 0 aromatic carbocycles. The Hall–Kier alpha value is -2.72. The van der Waals surface area contributed by atoms with E-state index in [1.165, 1.54) is 0 Å². The van der Waals surface area contributed by atoms with Crippen molar-refractivity contribution in [2.75, 3.05) is 36.0 Å². The van der Waals surface area contributed by atoms with Crippen molar-refractivity contribution in [3.05, 3.63) is 29.7 Å². The SMILES string of the molecule is CC1CN(c2cc(N3CC4CCC(C3)O4)nnc2CNC(=O)c2ccn[nH]2)CC(C)O1. The highest BCUT2D eigenvalue weighted by Gasteiger charge is 2.35. The number of hydrogen-bond donors (Lipinski definition) is 2. The lowest BCUT2D eigenvalue weighted by molar-refractivity contribution is -0.00530. The topological polar surface area (TPSA) is 109 Å². The zero-order valence-electron chi connectivity index (χ0n) is 18.0. The average Bonchev–Trinajstić information content (AvgIpc) is 3.41. The first kappa shape index (κ1) is 20.2. The number of fused-ring (bicyclic) bond motifs is 2. The molecule has 2 N–H and O–H groups in total. The van der Waals surface area contributed by atoms with Crippen molar-refractivity contribution in [3.8, 4) is 0 Å². The van der Waals surface area contributed by atoms with Crippen molar-refractivity contribution >= 4 is 17.4 Å². The Bertz CT molecular complexity index is 900. The number of amides is 1. The number of H-pyrrole nitrogens is 1. The van der Waals surface area contributed by atoms with Gasteiger partial charge in [0.05, 0.1) is 36.6 Å². The van der Waals surface area contributed by atoms with Crippen LogP contribution in [0.5, 0.6) is 0 Å². The normalized spacial score (nSPS) is 28.1. The number of carbonyl (C=O) groups excluding carboxylic acids is 1. The van der Waals surface area contributed by atoms with E-state index in [1.54, 1.807) is 12.3 Å². The van der Waals surface area contributed by atoms with Crippen molar-refractivity contribution in [1.82, 2.24) is 25.7 Å². The number of morpholine rings is 2. The summed E-state index contributed by atoms with van der Waals surface area (Å²) >= 11 is 0. The maximum Gasteiger partial charge on any atom is 0.269 e. The summed E-state index contributed by atoms with van der Waals surface area (Å²) in [6.45, 7) is 7.67. The molecule has 5 heterocycles. The second kappa shape index (κ2) is 8.43. The molecule has 1 amide bonds. The molecule has 10 nitrogen and oxygen atoms in total. The molecule has 3 saturated heterocycles. The maximum absolute atomic E-state index is 12.4. The fourth-order valence-corrected chi connectivity index (χ4v) is 4.77. The molecule has 3 aliphatic heterocycles. The van der Waals surface area contributed by atoms with Gasteiger partial charge in [-0.1, -0.05) is 0 Å². The van der Waals surface area contributed by atoms with Gasteiger partial charge in [0.2, 0.25) is 0 Å². The van der Waals surface area contributed by atoms with Gasteiger partial charge in [0.15, 0.2) is 5.82 Å². The van der Waals surface area contributed by atoms with E-state index >= 15 is 0 Å². The quantitative estimate of drug-likeness (QED) is 0.731. The van der Waals surface area contributed by atoms with Crippen LogP contribution in [0.3, 0.4) is 0 Å². The van der Waals surface area contributed by atoms with Crippen molar-refractivity contribution in [3.63, 3.8) is 0 Å². The molecule has 2 bridgehead atoms. The van der Waals surface area contributed by atoms with Crippen LogP contribution in [0.2, 0.25) is 0 Å². The van der Waals surface area contributed by atoms with Crippen LogP contribution < -0.4 is 15.1 Å². The van der Waals surface area contributed by atoms with Crippen LogP contribution in [0, 0.1) is 0 Å². The number of rotatable bonds is 5. The molecule has 5 rings (SSSR count). The fourth-order valence-electron chi connectivity index (χ4n) is 4.77. The van der Waals surface area contributed by atoms with Gasteiger partial charge in [-0.2, -0.15) is 5.10 Å². The molecule has 0 spiro atoms. The van der Waals surface area contributed by atoms with E-state index in [-0.39, 0.29) is 36.9 Å². The van der Waals surface area contributed by atoms with Gasteiger partial charge in [0.1, 0.15) is 11.4 Å². The monoisotopic (exact) mass is 427 g/mol. The Balaban J connectivity index is 1.40. The standard InChI is InChI=1S/C21H29N7O3/c1-13-9-27(10-14(2)30-13)19-7-20(28-11-15-3-4-16(12-28)31-15)26-25-18(19)8-22-21(29)17-5-6-23-24-17/h5-7,13-16H,3-4,8-12H2,1-2H3,(H,22,29)(H,23,24). The Kier molecular flexibility index (Phi) is 5.49. The summed E-state index contributed by atoms with van der Waals surface area (Å²) in [6.07, 6.45) is 4.57. The largest absolute Gasteiger partial charge is 0.372 e. The van der Waals surface area contributed by atoms with E-state index in [1.807, 2.05) is 0 Å². The number of hydrogen-bond acceptors (Lipinski definition) is 8. The molecular formula is C21H29N7O3. The molecule has 3 aliphatic rings. The number of carbonyl (C=O) groups is 1. The third kappa shape index (κ3) is 4.35. The maximum atomic E-state index is 12.4. The predicted octanol–water partition coefficient (Wildman–Crippen LogP) is 1.11. The van der Waals surface area contributed by atoms with Gasteiger partial charge in [-0.3, -0.25) is 9.89 Å². The minimum absolute atomic E-state index is 0.118. The predicted molar refractivity (Wildman–Crippen MR) is 114 cm³/mol. The van der Waals surface area contributed by atoms with Crippen LogP contribution in [-0.2, 0) is 16.0 Å². The number of ether oxygens (including phenoxy) is 2. The molecule has 10 heteroatoms. The Morgan fingerprint density at radius 2 is 1.84 bits per heavy atom. The number of nitrogens with one attached hydrogen (secondary N) is 2. The first-order valence-corrected chi connectivity index (χ1v) is 11.0. The van der Waals surface area contributed by atoms with Crippen LogP contribution in [0.1, 0.15) is 42.9 Å². The third-order valence-electron chi connectivity index (χ3n) is 6.12. The molecule has 2 aromatic heterocycles. The lowest BCUT2D eigenvalue weighted by Gasteiger charge is -2.38. The highest BCUT2D eigenvalue weighted by molar-refractivity contribution is 5.92. The summed E-state index contributed by atoms with van der Waals surface area (Å²) in [6, 6.07) is 3.75. The third-order valence-corrected chi connectivity index (χ3v) is 6.12. The van der Waals surface area contributed by atoms with Gasteiger partial charge in [-0.15, -0.1) is 10.2 Å². The number of nitrogens with zero attached hydrogens (tertiary/aromatic N) is 5. The second-order valence-electron chi connectivity index (χ2n) is 8.71. The molecule has 2 aromatic rings. The van der Waals surface area contributed by atoms with Crippen molar-refractivity contribution in [1.29, 1.82) is 0 Å². The van der Waals surface area contributed by atoms with E-state index in [4.69, 9.17) is 9.47 Å². The minimum atomic E-state index is -0.220. The molecule has 4 unspecified atom stereocenters. The van der Waals surface area contributed by atoms with Crippen molar-refractivity contribution in [2.45, 2.75) is 57.6 Å². The highest BCUT2D eigenvalue weighted by Crippen LogP contribution is 2.31. The van der Waals surface area contributed by atoms with E-state index < -0.39 is 0 Å². The first-order chi connectivity index (χ1) is 15.0. The number of aromatic amines is 1.